The third-order valence-corrected chi connectivity index (χ3v) is 4.00. The normalized spacial score (nSPS) is 19.6. The molecule has 0 spiro atoms. The predicted octanol–water partition coefficient (Wildman–Crippen LogP) is 2.05. The zero-order chi connectivity index (χ0) is 14.1. The first-order chi connectivity index (χ1) is 9.70. The van der Waals surface area contributed by atoms with Crippen molar-refractivity contribution in [2.75, 3.05) is 31.2 Å². The molecule has 1 fully saturated rings. The van der Waals surface area contributed by atoms with Crippen LogP contribution in [-0.4, -0.2) is 42.5 Å². The van der Waals surface area contributed by atoms with Crippen LogP contribution in [0.15, 0.2) is 24.3 Å². The molecule has 20 heavy (non-hydrogen) atoms. The summed E-state index contributed by atoms with van der Waals surface area (Å²) in [5, 5.41) is 10.5. The summed E-state index contributed by atoms with van der Waals surface area (Å²) < 4.78 is 5.55. The highest BCUT2D eigenvalue weighted by Gasteiger charge is 2.23. The average molecular weight is 272 g/mol. The Morgan fingerprint density at radius 1 is 1.35 bits per heavy atom. The number of para-hydroxylation sites is 1. The highest BCUT2D eigenvalue weighted by Crippen LogP contribution is 2.32. The maximum Gasteiger partial charge on any atom is 0.0980 e. The largest absolute Gasteiger partial charge is 0.394 e. The van der Waals surface area contributed by atoms with Crippen LogP contribution in [-0.2, 0) is 4.74 Å². The molecular formula is C16H20N2O2. The van der Waals surface area contributed by atoms with Crippen molar-refractivity contribution >= 4 is 16.6 Å². The number of rotatable bonds is 2. The third-order valence-electron chi connectivity index (χ3n) is 4.00. The van der Waals surface area contributed by atoms with E-state index in [0.29, 0.717) is 6.61 Å². The first-order valence-electron chi connectivity index (χ1n) is 7.04. The fourth-order valence-electron chi connectivity index (χ4n) is 2.85. The molecular weight excluding hydrogens is 252 g/mol. The van der Waals surface area contributed by atoms with Crippen molar-refractivity contribution in [1.82, 2.24) is 4.98 Å². The van der Waals surface area contributed by atoms with Crippen LogP contribution >= 0.6 is 0 Å². The van der Waals surface area contributed by atoms with Gasteiger partial charge in [-0.1, -0.05) is 18.2 Å². The van der Waals surface area contributed by atoms with Gasteiger partial charge in [0.1, 0.15) is 0 Å². The van der Waals surface area contributed by atoms with Gasteiger partial charge in [0, 0.05) is 24.2 Å². The Kier molecular flexibility index (Phi) is 3.59. The first kappa shape index (κ1) is 13.3. The number of benzene rings is 1. The molecule has 0 aliphatic carbocycles. The number of aliphatic hydroxyl groups is 1. The number of aromatic nitrogens is 1. The van der Waals surface area contributed by atoms with E-state index in [0.717, 1.165) is 24.3 Å². The van der Waals surface area contributed by atoms with E-state index >= 15 is 0 Å². The van der Waals surface area contributed by atoms with E-state index in [-0.39, 0.29) is 12.7 Å². The zero-order valence-electron chi connectivity index (χ0n) is 12.0. The van der Waals surface area contributed by atoms with Crippen LogP contribution in [0.5, 0.6) is 0 Å². The Labute approximate surface area is 119 Å². The molecule has 1 aliphatic rings. The minimum Gasteiger partial charge on any atom is -0.394 e. The summed E-state index contributed by atoms with van der Waals surface area (Å²) >= 11 is 0. The van der Waals surface area contributed by atoms with Crippen molar-refractivity contribution in [3.63, 3.8) is 0 Å². The molecule has 1 saturated heterocycles. The van der Waals surface area contributed by atoms with Gasteiger partial charge in [-0.3, -0.25) is 4.98 Å². The molecule has 4 heteroatoms. The van der Waals surface area contributed by atoms with Gasteiger partial charge in [-0.2, -0.15) is 0 Å². The lowest BCUT2D eigenvalue weighted by Crippen LogP contribution is -2.44. The molecule has 0 radical (unpaired) electrons. The number of aliphatic hydroxyl groups excluding tert-OH is 1. The van der Waals surface area contributed by atoms with Gasteiger partial charge in [-0.25, -0.2) is 0 Å². The lowest BCUT2D eigenvalue weighted by atomic mass is 10.1. The lowest BCUT2D eigenvalue weighted by Gasteiger charge is -2.35. The summed E-state index contributed by atoms with van der Waals surface area (Å²) in [6, 6.07) is 8.23. The van der Waals surface area contributed by atoms with E-state index in [1.807, 2.05) is 12.1 Å². The fourth-order valence-corrected chi connectivity index (χ4v) is 2.85. The summed E-state index contributed by atoms with van der Waals surface area (Å²) in [4.78, 5) is 6.98. The number of ether oxygens (including phenoxy) is 1. The molecule has 4 nitrogen and oxygen atoms in total. The molecule has 0 bridgehead atoms. The van der Waals surface area contributed by atoms with E-state index in [1.165, 1.54) is 16.6 Å². The topological polar surface area (TPSA) is 45.6 Å². The summed E-state index contributed by atoms with van der Waals surface area (Å²) in [7, 11) is 0. The van der Waals surface area contributed by atoms with Crippen molar-refractivity contribution in [2.24, 2.45) is 0 Å². The van der Waals surface area contributed by atoms with E-state index in [9.17, 15) is 5.11 Å². The number of hydrogen-bond acceptors (Lipinski definition) is 4. The van der Waals surface area contributed by atoms with Crippen LogP contribution in [0.3, 0.4) is 0 Å². The van der Waals surface area contributed by atoms with Gasteiger partial charge in [0.15, 0.2) is 0 Å². The van der Waals surface area contributed by atoms with Crippen LogP contribution in [0, 0.1) is 13.8 Å². The first-order valence-corrected chi connectivity index (χ1v) is 7.04. The molecule has 2 heterocycles. The molecule has 3 rings (SSSR count). The fraction of sp³-hybridized carbons (Fsp3) is 0.438. The van der Waals surface area contributed by atoms with Gasteiger partial charge in [-0.05, 0) is 25.5 Å². The van der Waals surface area contributed by atoms with E-state index in [2.05, 4.69) is 35.9 Å². The highest BCUT2D eigenvalue weighted by atomic mass is 16.5. The molecule has 0 saturated carbocycles. The minimum absolute atomic E-state index is 0.0670. The van der Waals surface area contributed by atoms with Crippen molar-refractivity contribution in [3.8, 4) is 0 Å². The summed E-state index contributed by atoms with van der Waals surface area (Å²) in [5.41, 5.74) is 4.53. The Morgan fingerprint density at radius 2 is 2.15 bits per heavy atom. The molecule has 2 aromatic rings. The Hall–Kier alpha value is -1.65. The van der Waals surface area contributed by atoms with Gasteiger partial charge in [0.2, 0.25) is 0 Å². The highest BCUT2D eigenvalue weighted by molar-refractivity contribution is 5.93. The van der Waals surface area contributed by atoms with E-state index in [4.69, 9.17) is 4.74 Å². The summed E-state index contributed by atoms with van der Waals surface area (Å²) in [5.74, 6) is 0. The zero-order valence-corrected chi connectivity index (χ0v) is 12.0. The van der Waals surface area contributed by atoms with Gasteiger partial charge >= 0.3 is 0 Å². The Bertz CT molecular complexity index is 627. The summed E-state index contributed by atoms with van der Waals surface area (Å²) in [6.07, 6.45) is -0.101. The monoisotopic (exact) mass is 272 g/mol. The van der Waals surface area contributed by atoms with Crippen LogP contribution in [0.2, 0.25) is 0 Å². The summed E-state index contributed by atoms with van der Waals surface area (Å²) in [6.45, 7) is 6.47. The second-order valence-electron chi connectivity index (χ2n) is 5.31. The minimum atomic E-state index is -0.101. The average Bonchev–Trinajstić information content (AvgIpc) is 2.48. The number of aryl methyl sites for hydroxylation is 1. The number of nitrogens with zero attached hydrogens (tertiary/aromatic N) is 2. The van der Waals surface area contributed by atoms with Gasteiger partial charge in [0.25, 0.3) is 0 Å². The SMILES string of the molecule is Cc1nc2ccccc2c(N2CCOC(CO)C2)c1C. The molecule has 1 aromatic heterocycles. The van der Waals surface area contributed by atoms with Crippen molar-refractivity contribution in [1.29, 1.82) is 0 Å². The lowest BCUT2D eigenvalue weighted by molar-refractivity contribution is 0.00361. The van der Waals surface area contributed by atoms with Gasteiger partial charge in [-0.15, -0.1) is 0 Å². The van der Waals surface area contributed by atoms with Crippen LogP contribution in [0.25, 0.3) is 10.9 Å². The predicted molar refractivity (Wildman–Crippen MR) is 80.3 cm³/mol. The molecule has 1 atom stereocenters. The van der Waals surface area contributed by atoms with Crippen LogP contribution < -0.4 is 4.90 Å². The number of pyridine rings is 1. The molecule has 1 aromatic carbocycles. The second-order valence-corrected chi connectivity index (χ2v) is 5.31. The Morgan fingerprint density at radius 3 is 2.95 bits per heavy atom. The molecule has 1 aliphatic heterocycles. The number of hydrogen-bond donors (Lipinski definition) is 1. The smallest absolute Gasteiger partial charge is 0.0980 e. The quantitative estimate of drug-likeness (QED) is 0.909. The molecule has 1 N–H and O–H groups in total. The van der Waals surface area contributed by atoms with Crippen molar-refractivity contribution in [2.45, 2.75) is 20.0 Å². The van der Waals surface area contributed by atoms with Crippen molar-refractivity contribution in [3.05, 3.63) is 35.5 Å². The van der Waals surface area contributed by atoms with Crippen LogP contribution in [0.1, 0.15) is 11.3 Å². The third kappa shape index (κ3) is 2.25. The number of morpholine rings is 1. The standard InChI is InChI=1S/C16H20N2O2/c1-11-12(2)17-15-6-4-3-5-14(15)16(11)18-7-8-20-13(9-18)10-19/h3-6,13,19H,7-10H2,1-2H3. The Balaban J connectivity index is 2.11. The maximum atomic E-state index is 9.33. The van der Waals surface area contributed by atoms with E-state index < -0.39 is 0 Å². The second kappa shape index (κ2) is 5.38. The van der Waals surface area contributed by atoms with Crippen molar-refractivity contribution < 1.29 is 9.84 Å². The number of fused-ring (bicyclic) bond motifs is 1. The molecule has 1 unspecified atom stereocenters. The van der Waals surface area contributed by atoms with Gasteiger partial charge < -0.3 is 14.7 Å². The van der Waals surface area contributed by atoms with E-state index in [1.54, 1.807) is 0 Å². The van der Waals surface area contributed by atoms with Gasteiger partial charge in [0.05, 0.1) is 30.5 Å². The maximum absolute atomic E-state index is 9.33. The van der Waals surface area contributed by atoms with Crippen LogP contribution in [0.4, 0.5) is 5.69 Å². The number of anilines is 1. The molecule has 106 valence electrons. The molecule has 0 amide bonds.